The van der Waals surface area contributed by atoms with Crippen molar-refractivity contribution in [2.45, 2.75) is 31.7 Å². The molecule has 0 radical (unpaired) electrons. The van der Waals surface area contributed by atoms with E-state index in [1.807, 2.05) is 25.2 Å². The van der Waals surface area contributed by atoms with E-state index < -0.39 is 11.6 Å². The minimum atomic E-state index is -0.931. The predicted molar refractivity (Wildman–Crippen MR) is 144 cm³/mol. The molecule has 0 bridgehead atoms. The van der Waals surface area contributed by atoms with Gasteiger partial charge in [-0.2, -0.15) is 0 Å². The van der Waals surface area contributed by atoms with Crippen molar-refractivity contribution in [1.82, 2.24) is 9.97 Å². The zero-order chi connectivity index (χ0) is 26.6. The van der Waals surface area contributed by atoms with Gasteiger partial charge in [0.1, 0.15) is 18.2 Å². The lowest BCUT2D eigenvalue weighted by Gasteiger charge is -2.20. The smallest absolute Gasteiger partial charge is 0.306 e. The molecule has 2 aromatic heterocycles. The van der Waals surface area contributed by atoms with Crippen LogP contribution in [0.1, 0.15) is 41.0 Å². The minimum Gasteiger partial charge on any atom is -0.487 e. The molecule has 1 aliphatic rings. The summed E-state index contributed by atoms with van der Waals surface area (Å²) in [6.07, 6.45) is 2.11. The van der Waals surface area contributed by atoms with E-state index in [4.69, 9.17) is 9.47 Å². The highest BCUT2D eigenvalue weighted by Crippen LogP contribution is 2.45. The van der Waals surface area contributed by atoms with Crippen LogP contribution in [0.5, 0.6) is 5.75 Å². The number of hydrogen-bond donors (Lipinski definition) is 0. The van der Waals surface area contributed by atoms with Gasteiger partial charge >= 0.3 is 5.97 Å². The maximum absolute atomic E-state index is 13.7. The van der Waals surface area contributed by atoms with Crippen molar-refractivity contribution >= 4 is 34.5 Å². The van der Waals surface area contributed by atoms with Gasteiger partial charge in [-0.25, -0.2) is 18.7 Å². The van der Waals surface area contributed by atoms with Gasteiger partial charge < -0.3 is 14.4 Å². The molecule has 0 N–H and O–H groups in total. The number of hydrogen-bond acceptors (Lipinski definition) is 7. The molecule has 1 unspecified atom stereocenters. The number of ether oxygens (including phenoxy) is 2. The lowest BCUT2D eigenvalue weighted by atomic mass is 10.0. The van der Waals surface area contributed by atoms with Crippen LogP contribution in [0.15, 0.2) is 60.8 Å². The Morgan fingerprint density at radius 3 is 2.79 bits per heavy atom. The number of carbonyl (C=O) groups excluding carboxylic acids is 1. The molecule has 38 heavy (non-hydrogen) atoms. The number of carbonyl (C=O) groups is 1. The molecule has 0 amide bonds. The molecular formula is C29H27F2N3O3S. The third-order valence-electron chi connectivity index (χ3n) is 6.34. The Kier molecular flexibility index (Phi) is 7.74. The van der Waals surface area contributed by atoms with Crippen molar-refractivity contribution in [2.24, 2.45) is 0 Å². The summed E-state index contributed by atoms with van der Waals surface area (Å²) in [5.41, 5.74) is 4.29. The molecule has 0 saturated carbocycles. The van der Waals surface area contributed by atoms with E-state index in [0.29, 0.717) is 47.7 Å². The molecule has 196 valence electrons. The molecular weight excluding hydrogens is 508 g/mol. The van der Waals surface area contributed by atoms with Crippen molar-refractivity contribution in [1.29, 1.82) is 0 Å². The molecule has 1 atom stereocenters. The zero-order valence-electron chi connectivity index (χ0n) is 21.1. The molecule has 0 aliphatic carbocycles. The first-order chi connectivity index (χ1) is 18.4. The topological polar surface area (TPSA) is 64.6 Å². The van der Waals surface area contributed by atoms with Crippen molar-refractivity contribution in [3.63, 3.8) is 0 Å². The van der Waals surface area contributed by atoms with Crippen LogP contribution in [-0.2, 0) is 22.7 Å². The molecule has 0 spiro atoms. The fraction of sp³-hybridized carbons (Fsp3) is 0.276. The summed E-state index contributed by atoms with van der Waals surface area (Å²) in [4.78, 5) is 23.2. The highest BCUT2D eigenvalue weighted by atomic mass is 32.2. The van der Waals surface area contributed by atoms with Crippen LogP contribution >= 0.6 is 11.8 Å². The van der Waals surface area contributed by atoms with E-state index >= 15 is 0 Å². The van der Waals surface area contributed by atoms with Crippen molar-refractivity contribution in [3.8, 4) is 5.75 Å². The molecule has 1 aliphatic heterocycles. The summed E-state index contributed by atoms with van der Waals surface area (Å²) in [5, 5.41) is 0.477. The van der Waals surface area contributed by atoms with Gasteiger partial charge in [-0.15, -0.1) is 11.8 Å². The van der Waals surface area contributed by atoms with Gasteiger partial charge in [-0.1, -0.05) is 18.2 Å². The Morgan fingerprint density at radius 2 is 1.95 bits per heavy atom. The second-order valence-corrected chi connectivity index (χ2v) is 10.2. The van der Waals surface area contributed by atoms with Crippen molar-refractivity contribution < 1.29 is 23.0 Å². The molecule has 6 nitrogen and oxygen atoms in total. The van der Waals surface area contributed by atoms with E-state index in [1.165, 1.54) is 0 Å². The van der Waals surface area contributed by atoms with Gasteiger partial charge in [0.25, 0.3) is 0 Å². The van der Waals surface area contributed by atoms with Crippen LogP contribution in [0.3, 0.4) is 0 Å². The number of halogens is 2. The van der Waals surface area contributed by atoms with E-state index in [0.717, 1.165) is 34.6 Å². The number of thioether (sulfide) groups is 1. The normalized spacial score (nSPS) is 14.5. The third-order valence-corrected chi connectivity index (χ3v) is 7.62. The Hall–Kier alpha value is -3.72. The number of rotatable bonds is 8. The first-order valence-electron chi connectivity index (χ1n) is 12.4. The van der Waals surface area contributed by atoms with E-state index in [-0.39, 0.29) is 17.8 Å². The molecule has 2 aromatic carbocycles. The van der Waals surface area contributed by atoms with Crippen LogP contribution < -0.4 is 9.64 Å². The molecule has 9 heteroatoms. The van der Waals surface area contributed by atoms with Gasteiger partial charge in [-0.3, -0.25) is 4.79 Å². The van der Waals surface area contributed by atoms with Gasteiger partial charge in [0.2, 0.25) is 0 Å². The molecule has 5 rings (SSSR count). The minimum absolute atomic E-state index is 0.0479. The predicted octanol–water partition coefficient (Wildman–Crippen LogP) is 6.21. The quantitative estimate of drug-likeness (QED) is 0.249. The second-order valence-electron chi connectivity index (χ2n) is 8.99. The second kappa shape index (κ2) is 11.3. The summed E-state index contributed by atoms with van der Waals surface area (Å²) < 4.78 is 38.4. The number of pyridine rings is 2. The Morgan fingerprint density at radius 1 is 1.11 bits per heavy atom. The fourth-order valence-corrected chi connectivity index (χ4v) is 5.84. The highest BCUT2D eigenvalue weighted by molar-refractivity contribution is 7.99. The zero-order valence-corrected chi connectivity index (χ0v) is 21.9. The summed E-state index contributed by atoms with van der Waals surface area (Å²) in [7, 11) is 2.02. The van der Waals surface area contributed by atoms with E-state index in [2.05, 4.69) is 27.0 Å². The summed E-state index contributed by atoms with van der Waals surface area (Å²) >= 11 is 1.68. The van der Waals surface area contributed by atoms with Crippen LogP contribution in [0.25, 0.3) is 10.9 Å². The highest BCUT2D eigenvalue weighted by Gasteiger charge is 2.28. The monoisotopic (exact) mass is 535 g/mol. The van der Waals surface area contributed by atoms with Crippen LogP contribution in [0.4, 0.5) is 14.6 Å². The lowest BCUT2D eigenvalue weighted by molar-refractivity contribution is -0.142. The van der Waals surface area contributed by atoms with Crippen molar-refractivity contribution in [3.05, 3.63) is 94.8 Å². The SMILES string of the molecule is CCOC(=O)CCSC1c2cc(OCc3ccc4cc(F)c(F)cc4n3)ccc2CN(C)c2ncccc21. The van der Waals surface area contributed by atoms with Crippen LogP contribution in [0.2, 0.25) is 0 Å². The number of benzene rings is 2. The van der Waals surface area contributed by atoms with Gasteiger partial charge in [0.05, 0.1) is 29.5 Å². The third kappa shape index (κ3) is 5.57. The van der Waals surface area contributed by atoms with E-state index in [1.54, 1.807) is 37.0 Å². The van der Waals surface area contributed by atoms with Gasteiger partial charge in [-0.05, 0) is 48.4 Å². The number of fused-ring (bicyclic) bond motifs is 3. The average Bonchev–Trinajstić information content (AvgIpc) is 3.02. The maximum Gasteiger partial charge on any atom is 0.306 e. The van der Waals surface area contributed by atoms with Crippen molar-refractivity contribution in [2.75, 3.05) is 24.3 Å². The Balaban J connectivity index is 1.40. The fourth-order valence-electron chi connectivity index (χ4n) is 4.55. The summed E-state index contributed by atoms with van der Waals surface area (Å²) in [6.45, 7) is 3.03. The van der Waals surface area contributed by atoms with Gasteiger partial charge in [0.15, 0.2) is 11.6 Å². The molecule has 0 fully saturated rings. The number of aromatic nitrogens is 2. The summed E-state index contributed by atoms with van der Waals surface area (Å²) in [6, 6.07) is 15.7. The van der Waals surface area contributed by atoms with Crippen LogP contribution in [-0.4, -0.2) is 35.3 Å². The Labute approximate surface area is 224 Å². The van der Waals surface area contributed by atoms with E-state index in [9.17, 15) is 13.6 Å². The first-order valence-corrected chi connectivity index (χ1v) is 13.4. The molecule has 4 aromatic rings. The van der Waals surface area contributed by atoms with Crippen LogP contribution in [0, 0.1) is 11.6 Å². The number of anilines is 1. The maximum atomic E-state index is 13.7. The molecule has 0 saturated heterocycles. The standard InChI is InChI=1S/C29H27F2N3O3S/c1-3-36-27(35)10-12-38-28-22-5-4-11-32-29(22)34(2)16-19-7-9-21(14-23(19)28)37-17-20-8-6-18-13-24(30)25(31)15-26(18)33-20/h4-9,11,13-15,28H,3,10,12,16-17H2,1-2H3. The lowest BCUT2D eigenvalue weighted by Crippen LogP contribution is -2.17. The Bertz CT molecular complexity index is 1480. The summed E-state index contributed by atoms with van der Waals surface area (Å²) in [5.74, 6) is 0.140. The van der Waals surface area contributed by atoms with Gasteiger partial charge in [0, 0.05) is 42.6 Å². The largest absolute Gasteiger partial charge is 0.487 e. The number of nitrogens with zero attached hydrogens (tertiary/aromatic N) is 3. The molecule has 3 heterocycles. The average molecular weight is 536 g/mol. The first kappa shape index (κ1) is 25.9. The number of esters is 1.